The van der Waals surface area contributed by atoms with E-state index < -0.39 is 18.0 Å². The lowest BCUT2D eigenvalue weighted by molar-refractivity contribution is -0.153. The smallest absolute Gasteiger partial charge is 0.307 e. The van der Waals surface area contributed by atoms with Gasteiger partial charge in [-0.15, -0.1) is 0 Å². The number of hydrogen-bond acceptors (Lipinski definition) is 6. The number of benzene rings is 1. The van der Waals surface area contributed by atoms with Gasteiger partial charge in [-0.3, -0.25) is 9.59 Å². The van der Waals surface area contributed by atoms with Gasteiger partial charge in [0.15, 0.2) is 6.10 Å². The molecule has 1 N–H and O–H groups in total. The zero-order valence-electron chi connectivity index (χ0n) is 14.6. The van der Waals surface area contributed by atoms with Gasteiger partial charge in [0.2, 0.25) is 0 Å². The van der Waals surface area contributed by atoms with Gasteiger partial charge in [0.25, 0.3) is 5.91 Å². The fourth-order valence-corrected chi connectivity index (χ4v) is 2.41. The lowest BCUT2D eigenvalue weighted by atomic mass is 10.2. The summed E-state index contributed by atoms with van der Waals surface area (Å²) in [7, 11) is 0. The molecule has 1 aliphatic rings. The first kappa shape index (κ1) is 18.9. The molecule has 25 heavy (non-hydrogen) atoms. The lowest BCUT2D eigenvalue weighted by Crippen LogP contribution is -2.36. The number of anilines is 2. The van der Waals surface area contributed by atoms with Crippen molar-refractivity contribution in [1.29, 1.82) is 0 Å². The third-order valence-corrected chi connectivity index (χ3v) is 3.87. The number of ether oxygens (including phenoxy) is 2. The quantitative estimate of drug-likeness (QED) is 0.756. The Bertz CT molecular complexity index is 608. The summed E-state index contributed by atoms with van der Waals surface area (Å²) in [6, 6.07) is 7.49. The lowest BCUT2D eigenvalue weighted by Gasteiger charge is -2.28. The summed E-state index contributed by atoms with van der Waals surface area (Å²) >= 11 is 0. The number of nitrogens with one attached hydrogen (secondary N) is 1. The molecule has 0 saturated carbocycles. The highest BCUT2D eigenvalue weighted by Gasteiger charge is 2.18. The van der Waals surface area contributed by atoms with Gasteiger partial charge in [-0.1, -0.05) is 0 Å². The van der Waals surface area contributed by atoms with Gasteiger partial charge in [-0.25, -0.2) is 0 Å². The number of carbonyl (C=O) groups is 3. The van der Waals surface area contributed by atoms with E-state index in [9.17, 15) is 14.4 Å². The molecular weight excluding hydrogens is 324 g/mol. The summed E-state index contributed by atoms with van der Waals surface area (Å²) in [5, 5.41) is 2.72. The first-order valence-corrected chi connectivity index (χ1v) is 8.38. The second-order valence-electron chi connectivity index (χ2n) is 5.97. The minimum atomic E-state index is -0.918. The van der Waals surface area contributed by atoms with Crippen molar-refractivity contribution in [3.8, 4) is 0 Å². The van der Waals surface area contributed by atoms with Gasteiger partial charge in [0, 0.05) is 30.9 Å². The van der Waals surface area contributed by atoms with Crippen molar-refractivity contribution in [2.24, 2.45) is 0 Å². The van der Waals surface area contributed by atoms with Crippen molar-refractivity contribution in [2.75, 3.05) is 36.5 Å². The first-order chi connectivity index (χ1) is 12.0. The van der Waals surface area contributed by atoms with Crippen LogP contribution < -0.4 is 10.2 Å². The summed E-state index contributed by atoms with van der Waals surface area (Å²) in [6.45, 7) is 6.03. The van der Waals surface area contributed by atoms with Crippen LogP contribution in [0.2, 0.25) is 0 Å². The van der Waals surface area contributed by atoms with E-state index in [0.717, 1.165) is 18.8 Å². The Kier molecular flexibility index (Phi) is 6.94. The molecule has 0 aliphatic carbocycles. The fourth-order valence-electron chi connectivity index (χ4n) is 2.41. The Morgan fingerprint density at radius 1 is 1.16 bits per heavy atom. The summed E-state index contributed by atoms with van der Waals surface area (Å²) in [5.74, 6) is -1.05. The van der Waals surface area contributed by atoms with Crippen molar-refractivity contribution in [3.63, 3.8) is 0 Å². The van der Waals surface area contributed by atoms with Crippen molar-refractivity contribution in [2.45, 2.75) is 32.8 Å². The molecule has 1 aromatic carbocycles. The van der Waals surface area contributed by atoms with E-state index in [1.165, 1.54) is 13.8 Å². The maximum atomic E-state index is 12.1. The number of amides is 1. The van der Waals surface area contributed by atoms with Crippen LogP contribution in [-0.2, 0) is 23.9 Å². The highest BCUT2D eigenvalue weighted by molar-refractivity contribution is 5.95. The molecule has 1 aliphatic heterocycles. The van der Waals surface area contributed by atoms with Crippen LogP contribution in [0.1, 0.15) is 26.7 Å². The number of morpholine rings is 1. The molecule has 0 bridgehead atoms. The van der Waals surface area contributed by atoms with E-state index in [2.05, 4.69) is 10.2 Å². The average Bonchev–Trinajstić information content (AvgIpc) is 2.61. The van der Waals surface area contributed by atoms with Crippen molar-refractivity contribution < 1.29 is 23.9 Å². The molecule has 0 radical (unpaired) electrons. The van der Waals surface area contributed by atoms with Crippen LogP contribution >= 0.6 is 0 Å². The zero-order chi connectivity index (χ0) is 18.2. The van der Waals surface area contributed by atoms with Gasteiger partial charge < -0.3 is 24.5 Å². The molecular formula is C18H24N2O5. The van der Waals surface area contributed by atoms with E-state index in [-0.39, 0.29) is 18.6 Å². The van der Waals surface area contributed by atoms with E-state index in [1.54, 1.807) is 0 Å². The number of rotatable bonds is 7. The number of Topliss-reactive ketones (excluding diaryl/α,β-unsaturated/α-hetero) is 1. The van der Waals surface area contributed by atoms with Crippen molar-refractivity contribution >= 4 is 29.0 Å². The van der Waals surface area contributed by atoms with Crippen LogP contribution in [0, 0.1) is 0 Å². The third-order valence-electron chi connectivity index (χ3n) is 3.87. The Morgan fingerprint density at radius 3 is 2.40 bits per heavy atom. The van der Waals surface area contributed by atoms with Gasteiger partial charge >= 0.3 is 5.97 Å². The molecule has 1 atom stereocenters. The molecule has 1 amide bonds. The summed E-state index contributed by atoms with van der Waals surface area (Å²) in [5.41, 5.74) is 1.71. The molecule has 136 valence electrons. The number of carbonyl (C=O) groups excluding carboxylic acids is 3. The largest absolute Gasteiger partial charge is 0.453 e. The van der Waals surface area contributed by atoms with Crippen LogP contribution in [-0.4, -0.2) is 50.1 Å². The molecule has 7 heteroatoms. The monoisotopic (exact) mass is 348 g/mol. The van der Waals surface area contributed by atoms with E-state index in [1.807, 2.05) is 24.3 Å². The van der Waals surface area contributed by atoms with Gasteiger partial charge in [-0.2, -0.15) is 0 Å². The summed E-state index contributed by atoms with van der Waals surface area (Å²) in [6.07, 6.45) is -0.810. The maximum absolute atomic E-state index is 12.1. The van der Waals surface area contributed by atoms with Crippen LogP contribution in [0.15, 0.2) is 24.3 Å². The standard InChI is InChI=1S/C18H24N2O5/c1-13(21)3-8-17(22)25-14(2)18(23)19-15-4-6-16(7-5-15)20-9-11-24-12-10-20/h4-7,14H,3,8-12H2,1-2H3,(H,19,23)/t14-/m1/s1. The van der Waals surface area contributed by atoms with E-state index >= 15 is 0 Å². The minimum Gasteiger partial charge on any atom is -0.453 e. The number of ketones is 1. The second-order valence-corrected chi connectivity index (χ2v) is 5.97. The molecule has 0 unspecified atom stereocenters. The molecule has 1 heterocycles. The van der Waals surface area contributed by atoms with Gasteiger partial charge in [0.05, 0.1) is 19.6 Å². The second kappa shape index (κ2) is 9.17. The number of hydrogen-bond donors (Lipinski definition) is 1. The maximum Gasteiger partial charge on any atom is 0.307 e. The first-order valence-electron chi connectivity index (χ1n) is 8.38. The fraction of sp³-hybridized carbons (Fsp3) is 0.500. The molecule has 2 rings (SSSR count). The highest BCUT2D eigenvalue weighted by atomic mass is 16.5. The molecule has 0 spiro atoms. The summed E-state index contributed by atoms with van der Waals surface area (Å²) < 4.78 is 10.4. The van der Waals surface area contributed by atoms with Crippen LogP contribution in [0.4, 0.5) is 11.4 Å². The molecule has 7 nitrogen and oxygen atoms in total. The molecule has 1 fully saturated rings. The van der Waals surface area contributed by atoms with Crippen LogP contribution in [0.25, 0.3) is 0 Å². The van der Waals surface area contributed by atoms with Crippen LogP contribution in [0.3, 0.4) is 0 Å². The Hall–Kier alpha value is -2.41. The van der Waals surface area contributed by atoms with E-state index in [4.69, 9.17) is 9.47 Å². The number of esters is 1. The third kappa shape index (κ3) is 6.19. The van der Waals surface area contributed by atoms with Crippen LogP contribution in [0.5, 0.6) is 0 Å². The molecule has 0 aromatic heterocycles. The topological polar surface area (TPSA) is 84.9 Å². The van der Waals surface area contributed by atoms with Gasteiger partial charge in [-0.05, 0) is 38.1 Å². The molecule has 1 aromatic rings. The Balaban J connectivity index is 1.82. The SMILES string of the molecule is CC(=O)CCC(=O)O[C@H](C)C(=O)Nc1ccc(N2CCOCC2)cc1. The predicted molar refractivity (Wildman–Crippen MR) is 93.6 cm³/mol. The van der Waals surface area contributed by atoms with Crippen molar-refractivity contribution in [1.82, 2.24) is 0 Å². The zero-order valence-corrected chi connectivity index (χ0v) is 14.6. The van der Waals surface area contributed by atoms with Gasteiger partial charge in [0.1, 0.15) is 5.78 Å². The Morgan fingerprint density at radius 2 is 1.80 bits per heavy atom. The van der Waals surface area contributed by atoms with E-state index in [0.29, 0.717) is 18.9 Å². The molecule has 1 saturated heterocycles. The number of nitrogens with zero attached hydrogens (tertiary/aromatic N) is 1. The predicted octanol–water partition coefficient (Wildman–Crippen LogP) is 1.76. The minimum absolute atomic E-state index is 0.0127. The Labute approximate surface area is 147 Å². The highest BCUT2D eigenvalue weighted by Crippen LogP contribution is 2.19. The normalized spacial score (nSPS) is 15.4. The summed E-state index contributed by atoms with van der Waals surface area (Å²) in [4.78, 5) is 36.7. The van der Waals surface area contributed by atoms with Crippen molar-refractivity contribution in [3.05, 3.63) is 24.3 Å². The average molecular weight is 348 g/mol.